The van der Waals surface area contributed by atoms with Gasteiger partial charge in [0.25, 0.3) is 5.69 Å². The van der Waals surface area contributed by atoms with Crippen molar-refractivity contribution in [3.8, 4) is 0 Å². The Labute approximate surface area is 143 Å². The second-order valence-electron chi connectivity index (χ2n) is 5.47. The third kappa shape index (κ3) is 3.34. The maximum Gasteiger partial charge on any atom is 0.293 e. The van der Waals surface area contributed by atoms with Crippen LogP contribution in [0.25, 0.3) is 0 Å². The Morgan fingerprint density at radius 2 is 1.88 bits per heavy atom. The Balaban J connectivity index is 1.84. The Morgan fingerprint density at radius 1 is 1.21 bits per heavy atom. The van der Waals surface area contributed by atoms with E-state index in [0.717, 1.165) is 17.5 Å². The standard InChI is InChI=1S/C14H16N4O4S2/c1-24(21,22)11-2-3-12(13(10-11)18(19)20)16-5-7-17(8-6-16)14-15-4-9-23-14/h2-4,9-10H,5-8H2,1H3. The molecule has 0 unspecified atom stereocenters. The van der Waals surface area contributed by atoms with Gasteiger partial charge in [0, 0.05) is 50.1 Å². The molecule has 24 heavy (non-hydrogen) atoms. The van der Waals surface area contributed by atoms with Gasteiger partial charge in [0.05, 0.1) is 9.82 Å². The zero-order valence-electron chi connectivity index (χ0n) is 13.0. The molecule has 0 bridgehead atoms. The van der Waals surface area contributed by atoms with Crippen molar-refractivity contribution in [2.75, 3.05) is 42.2 Å². The second-order valence-corrected chi connectivity index (χ2v) is 8.36. The van der Waals surface area contributed by atoms with Crippen LogP contribution in [-0.2, 0) is 9.84 Å². The van der Waals surface area contributed by atoms with Gasteiger partial charge in [0.15, 0.2) is 15.0 Å². The zero-order valence-corrected chi connectivity index (χ0v) is 14.6. The number of rotatable bonds is 4. The summed E-state index contributed by atoms with van der Waals surface area (Å²) in [5.74, 6) is 0. The highest BCUT2D eigenvalue weighted by Gasteiger charge is 2.26. The van der Waals surface area contributed by atoms with Crippen molar-refractivity contribution in [2.24, 2.45) is 0 Å². The summed E-state index contributed by atoms with van der Waals surface area (Å²) in [6, 6.07) is 4.08. The van der Waals surface area contributed by atoms with E-state index in [1.54, 1.807) is 17.5 Å². The van der Waals surface area contributed by atoms with E-state index >= 15 is 0 Å². The summed E-state index contributed by atoms with van der Waals surface area (Å²) in [4.78, 5) is 19.1. The van der Waals surface area contributed by atoms with Gasteiger partial charge in [0.1, 0.15) is 5.69 Å². The third-order valence-corrected chi connectivity index (χ3v) is 5.82. The van der Waals surface area contributed by atoms with Crippen LogP contribution >= 0.6 is 11.3 Å². The molecule has 10 heteroatoms. The van der Waals surface area contributed by atoms with Gasteiger partial charge in [-0.05, 0) is 12.1 Å². The SMILES string of the molecule is CS(=O)(=O)c1ccc(N2CCN(c3nccs3)CC2)c([N+](=O)[O-])c1. The number of nitro groups is 1. The van der Waals surface area contributed by atoms with Crippen LogP contribution in [0.15, 0.2) is 34.7 Å². The van der Waals surface area contributed by atoms with Crippen LogP contribution in [0, 0.1) is 10.1 Å². The van der Waals surface area contributed by atoms with Gasteiger partial charge in [-0.15, -0.1) is 11.3 Å². The van der Waals surface area contributed by atoms with Crippen LogP contribution < -0.4 is 9.80 Å². The van der Waals surface area contributed by atoms with E-state index in [9.17, 15) is 18.5 Å². The number of piperazine rings is 1. The van der Waals surface area contributed by atoms with Crippen molar-refractivity contribution in [1.29, 1.82) is 0 Å². The minimum atomic E-state index is -3.48. The Morgan fingerprint density at radius 3 is 2.42 bits per heavy atom. The molecule has 1 aliphatic heterocycles. The first-order valence-electron chi connectivity index (χ1n) is 7.24. The lowest BCUT2D eigenvalue weighted by molar-refractivity contribution is -0.384. The topological polar surface area (TPSA) is 96.7 Å². The van der Waals surface area contributed by atoms with Gasteiger partial charge in [-0.1, -0.05) is 0 Å². The van der Waals surface area contributed by atoms with Gasteiger partial charge in [0.2, 0.25) is 0 Å². The third-order valence-electron chi connectivity index (χ3n) is 3.88. The number of hydrogen-bond acceptors (Lipinski definition) is 8. The monoisotopic (exact) mass is 368 g/mol. The fraction of sp³-hybridized carbons (Fsp3) is 0.357. The average Bonchev–Trinajstić information content (AvgIpc) is 3.08. The molecule has 1 fully saturated rings. The summed E-state index contributed by atoms with van der Waals surface area (Å²) in [7, 11) is -3.48. The Bertz CT molecular complexity index is 844. The first-order valence-corrected chi connectivity index (χ1v) is 10.0. The molecule has 0 atom stereocenters. The predicted octanol–water partition coefficient (Wildman–Crippen LogP) is 1.78. The molecule has 1 aliphatic rings. The maximum absolute atomic E-state index is 11.6. The van der Waals surface area contributed by atoms with Crippen LogP contribution in [0.2, 0.25) is 0 Å². The van der Waals surface area contributed by atoms with Crippen molar-refractivity contribution in [1.82, 2.24) is 4.98 Å². The minimum Gasteiger partial charge on any atom is -0.362 e. The lowest BCUT2D eigenvalue weighted by atomic mass is 10.2. The minimum absolute atomic E-state index is 0.0422. The second kappa shape index (κ2) is 6.36. The van der Waals surface area contributed by atoms with Gasteiger partial charge in [-0.2, -0.15) is 0 Å². The number of sulfone groups is 1. The van der Waals surface area contributed by atoms with Gasteiger partial charge in [-0.3, -0.25) is 10.1 Å². The molecular formula is C14H16N4O4S2. The first kappa shape index (κ1) is 16.7. The lowest BCUT2D eigenvalue weighted by Gasteiger charge is -2.35. The van der Waals surface area contributed by atoms with Crippen LogP contribution in [0.1, 0.15) is 0 Å². The Hall–Kier alpha value is -2.20. The van der Waals surface area contributed by atoms with Crippen LogP contribution in [0.5, 0.6) is 0 Å². The summed E-state index contributed by atoms with van der Waals surface area (Å²) in [6.07, 6.45) is 2.79. The van der Waals surface area contributed by atoms with Crippen LogP contribution in [-0.4, -0.2) is 50.8 Å². The number of nitrogens with zero attached hydrogens (tertiary/aromatic N) is 4. The smallest absolute Gasteiger partial charge is 0.293 e. The molecule has 0 amide bonds. The predicted molar refractivity (Wildman–Crippen MR) is 92.7 cm³/mol. The van der Waals surface area contributed by atoms with Crippen molar-refractivity contribution >= 4 is 37.7 Å². The largest absolute Gasteiger partial charge is 0.362 e. The normalized spacial score (nSPS) is 15.5. The molecule has 0 N–H and O–H groups in total. The summed E-state index contributed by atoms with van der Waals surface area (Å²) < 4.78 is 23.2. The molecule has 1 aromatic carbocycles. The number of anilines is 2. The lowest BCUT2D eigenvalue weighted by Crippen LogP contribution is -2.46. The van der Waals surface area contributed by atoms with Gasteiger partial charge in [-0.25, -0.2) is 13.4 Å². The highest BCUT2D eigenvalue weighted by Crippen LogP contribution is 2.32. The number of aromatic nitrogens is 1. The molecule has 128 valence electrons. The van der Waals surface area contributed by atoms with E-state index in [1.165, 1.54) is 12.1 Å². The number of nitro benzene ring substituents is 1. The molecule has 0 saturated carbocycles. The molecule has 1 aromatic heterocycles. The van der Waals surface area contributed by atoms with E-state index in [2.05, 4.69) is 9.88 Å². The maximum atomic E-state index is 11.6. The molecule has 1 saturated heterocycles. The van der Waals surface area contributed by atoms with E-state index < -0.39 is 14.8 Å². The molecular weight excluding hydrogens is 352 g/mol. The summed E-state index contributed by atoms with van der Waals surface area (Å²) in [5, 5.41) is 14.2. The quantitative estimate of drug-likeness (QED) is 0.599. The van der Waals surface area contributed by atoms with Crippen molar-refractivity contribution < 1.29 is 13.3 Å². The number of thiazole rings is 1. The summed E-state index contributed by atoms with van der Waals surface area (Å²) >= 11 is 1.56. The van der Waals surface area contributed by atoms with Crippen molar-refractivity contribution in [3.05, 3.63) is 39.9 Å². The van der Waals surface area contributed by atoms with Crippen molar-refractivity contribution in [3.63, 3.8) is 0 Å². The molecule has 2 aromatic rings. The van der Waals surface area contributed by atoms with E-state index in [0.29, 0.717) is 31.9 Å². The first-order chi connectivity index (χ1) is 11.4. The molecule has 3 rings (SSSR count). The molecule has 8 nitrogen and oxygen atoms in total. The Kier molecular flexibility index (Phi) is 4.41. The number of hydrogen-bond donors (Lipinski definition) is 0. The fourth-order valence-corrected chi connectivity index (χ4v) is 4.00. The molecule has 0 radical (unpaired) electrons. The van der Waals surface area contributed by atoms with Crippen molar-refractivity contribution in [2.45, 2.75) is 4.90 Å². The van der Waals surface area contributed by atoms with E-state index in [-0.39, 0.29) is 10.6 Å². The summed E-state index contributed by atoms with van der Waals surface area (Å²) in [5.41, 5.74) is 0.270. The summed E-state index contributed by atoms with van der Waals surface area (Å²) in [6.45, 7) is 2.63. The van der Waals surface area contributed by atoms with Gasteiger partial charge >= 0.3 is 0 Å². The molecule has 0 spiro atoms. The van der Waals surface area contributed by atoms with Crippen LogP contribution in [0.4, 0.5) is 16.5 Å². The fourth-order valence-electron chi connectivity index (χ4n) is 2.66. The molecule has 2 heterocycles. The number of benzene rings is 1. The molecule has 0 aliphatic carbocycles. The van der Waals surface area contributed by atoms with Gasteiger partial charge < -0.3 is 9.80 Å². The highest BCUT2D eigenvalue weighted by atomic mass is 32.2. The highest BCUT2D eigenvalue weighted by molar-refractivity contribution is 7.90. The average molecular weight is 368 g/mol. The van der Waals surface area contributed by atoms with E-state index in [4.69, 9.17) is 0 Å². The van der Waals surface area contributed by atoms with Crippen LogP contribution in [0.3, 0.4) is 0 Å². The van der Waals surface area contributed by atoms with E-state index in [1.807, 2.05) is 10.3 Å². The zero-order chi connectivity index (χ0) is 17.3.